The fourth-order valence-electron chi connectivity index (χ4n) is 0.886. The highest BCUT2D eigenvalue weighted by atomic mass is 35.5. The van der Waals surface area contributed by atoms with E-state index in [4.69, 9.17) is 11.6 Å². The molecule has 0 saturated heterocycles. The Labute approximate surface area is 70.2 Å². The second-order valence-electron chi connectivity index (χ2n) is 2.30. The summed E-state index contributed by atoms with van der Waals surface area (Å²) in [6, 6.07) is 3.05. The van der Waals surface area contributed by atoms with Crippen molar-refractivity contribution in [3.05, 3.63) is 28.5 Å². The molecule has 11 heavy (non-hydrogen) atoms. The molecule has 0 radical (unpaired) electrons. The van der Waals surface area contributed by atoms with E-state index < -0.39 is 0 Å². The first-order chi connectivity index (χ1) is 5.16. The Hall–Kier alpha value is -0.760. The van der Waals surface area contributed by atoms with Gasteiger partial charge in [-0.2, -0.15) is 0 Å². The number of benzene rings is 1. The largest absolute Gasteiger partial charge is 0.385 e. The van der Waals surface area contributed by atoms with Crippen LogP contribution in [0.1, 0.15) is 5.56 Å². The summed E-state index contributed by atoms with van der Waals surface area (Å²) in [5.41, 5.74) is 1.24. The van der Waals surface area contributed by atoms with Crippen LogP contribution in [-0.4, -0.2) is 7.05 Å². The molecule has 60 valence electrons. The van der Waals surface area contributed by atoms with Gasteiger partial charge >= 0.3 is 0 Å². The van der Waals surface area contributed by atoms with Gasteiger partial charge < -0.3 is 5.32 Å². The normalized spacial score (nSPS) is 9.82. The minimum Gasteiger partial charge on any atom is -0.385 e. The van der Waals surface area contributed by atoms with E-state index >= 15 is 0 Å². The average Bonchev–Trinajstić information content (AvgIpc) is 1.99. The lowest BCUT2D eigenvalue weighted by Gasteiger charge is -2.06. The van der Waals surface area contributed by atoms with Gasteiger partial charge in [0.1, 0.15) is 5.82 Å². The zero-order chi connectivity index (χ0) is 8.43. The SMILES string of the molecule is CNc1c(F)ccc(C)c1Cl. The number of nitrogens with one attached hydrogen (secondary N) is 1. The van der Waals surface area contributed by atoms with Crippen molar-refractivity contribution >= 4 is 17.3 Å². The van der Waals surface area contributed by atoms with Gasteiger partial charge in [0.05, 0.1) is 10.7 Å². The average molecular weight is 174 g/mol. The quantitative estimate of drug-likeness (QED) is 0.689. The Morgan fingerprint density at radius 3 is 2.55 bits per heavy atom. The van der Waals surface area contributed by atoms with Crippen molar-refractivity contribution in [1.29, 1.82) is 0 Å². The van der Waals surface area contributed by atoms with Crippen molar-refractivity contribution in [2.24, 2.45) is 0 Å². The number of aryl methyl sites for hydroxylation is 1. The van der Waals surface area contributed by atoms with Gasteiger partial charge in [-0.05, 0) is 18.6 Å². The fourth-order valence-corrected chi connectivity index (χ4v) is 1.13. The van der Waals surface area contributed by atoms with E-state index in [1.807, 2.05) is 6.92 Å². The molecule has 1 nitrogen and oxygen atoms in total. The summed E-state index contributed by atoms with van der Waals surface area (Å²) in [7, 11) is 1.64. The highest BCUT2D eigenvalue weighted by Crippen LogP contribution is 2.27. The third-order valence-corrected chi connectivity index (χ3v) is 2.02. The summed E-state index contributed by atoms with van der Waals surface area (Å²) in [6.45, 7) is 1.84. The summed E-state index contributed by atoms with van der Waals surface area (Å²) < 4.78 is 12.9. The maximum absolute atomic E-state index is 12.9. The number of halogens is 2. The van der Waals surface area contributed by atoms with Crippen molar-refractivity contribution in [3.63, 3.8) is 0 Å². The van der Waals surface area contributed by atoms with Crippen LogP contribution in [0.15, 0.2) is 12.1 Å². The van der Waals surface area contributed by atoms with Crippen LogP contribution in [0.4, 0.5) is 10.1 Å². The van der Waals surface area contributed by atoms with Crippen molar-refractivity contribution in [2.45, 2.75) is 6.92 Å². The Morgan fingerprint density at radius 2 is 2.09 bits per heavy atom. The number of hydrogen-bond donors (Lipinski definition) is 1. The number of hydrogen-bond acceptors (Lipinski definition) is 1. The molecular formula is C8H9ClFN. The van der Waals surface area contributed by atoms with Crippen LogP contribution < -0.4 is 5.32 Å². The highest BCUT2D eigenvalue weighted by Gasteiger charge is 2.06. The van der Waals surface area contributed by atoms with E-state index in [0.717, 1.165) is 5.56 Å². The zero-order valence-electron chi connectivity index (χ0n) is 6.41. The highest BCUT2D eigenvalue weighted by molar-refractivity contribution is 6.34. The summed E-state index contributed by atoms with van der Waals surface area (Å²) in [5.74, 6) is -0.317. The van der Waals surface area contributed by atoms with E-state index in [0.29, 0.717) is 10.7 Å². The zero-order valence-corrected chi connectivity index (χ0v) is 7.17. The number of anilines is 1. The standard InChI is InChI=1S/C8H9ClFN/c1-5-3-4-6(10)8(11-2)7(5)9/h3-4,11H,1-2H3. The van der Waals surface area contributed by atoms with Gasteiger partial charge in [0.15, 0.2) is 0 Å². The van der Waals surface area contributed by atoms with Gasteiger partial charge in [-0.15, -0.1) is 0 Å². The molecule has 0 aliphatic heterocycles. The predicted molar refractivity (Wildman–Crippen MR) is 45.7 cm³/mol. The topological polar surface area (TPSA) is 12.0 Å². The number of rotatable bonds is 1. The molecule has 3 heteroatoms. The molecule has 0 saturated carbocycles. The van der Waals surface area contributed by atoms with Gasteiger partial charge in [0.25, 0.3) is 0 Å². The molecule has 0 aliphatic carbocycles. The van der Waals surface area contributed by atoms with Gasteiger partial charge in [-0.25, -0.2) is 4.39 Å². The van der Waals surface area contributed by atoms with E-state index in [2.05, 4.69) is 5.32 Å². The Morgan fingerprint density at radius 1 is 1.45 bits per heavy atom. The molecule has 0 heterocycles. The molecule has 0 aromatic heterocycles. The monoisotopic (exact) mass is 173 g/mol. The van der Waals surface area contributed by atoms with Crippen molar-refractivity contribution in [1.82, 2.24) is 0 Å². The van der Waals surface area contributed by atoms with Crippen molar-refractivity contribution in [2.75, 3.05) is 12.4 Å². The summed E-state index contributed by atoms with van der Waals surface area (Å²) >= 11 is 5.80. The van der Waals surface area contributed by atoms with Crippen LogP contribution in [0, 0.1) is 12.7 Å². The molecule has 1 rings (SSSR count). The first-order valence-electron chi connectivity index (χ1n) is 3.29. The third kappa shape index (κ3) is 1.46. The lowest BCUT2D eigenvalue weighted by Crippen LogP contribution is -1.94. The molecule has 0 amide bonds. The van der Waals surface area contributed by atoms with E-state index in [-0.39, 0.29) is 5.82 Å². The Bertz CT molecular complexity index is 273. The van der Waals surface area contributed by atoms with E-state index in [9.17, 15) is 4.39 Å². The molecule has 1 aromatic carbocycles. The van der Waals surface area contributed by atoms with Crippen molar-refractivity contribution in [3.8, 4) is 0 Å². The lowest BCUT2D eigenvalue weighted by atomic mass is 10.2. The molecular weight excluding hydrogens is 165 g/mol. The molecule has 0 bridgehead atoms. The van der Waals surface area contributed by atoms with E-state index in [1.165, 1.54) is 6.07 Å². The van der Waals surface area contributed by atoms with E-state index in [1.54, 1.807) is 13.1 Å². The Kier molecular flexibility index (Phi) is 2.35. The minimum atomic E-state index is -0.317. The smallest absolute Gasteiger partial charge is 0.147 e. The second-order valence-corrected chi connectivity index (χ2v) is 2.68. The summed E-state index contributed by atoms with van der Waals surface area (Å²) in [6.07, 6.45) is 0. The maximum Gasteiger partial charge on any atom is 0.147 e. The van der Waals surface area contributed by atoms with Gasteiger partial charge in [-0.3, -0.25) is 0 Å². The first-order valence-corrected chi connectivity index (χ1v) is 3.67. The van der Waals surface area contributed by atoms with Gasteiger partial charge in [-0.1, -0.05) is 17.7 Å². The summed E-state index contributed by atoms with van der Waals surface area (Å²) in [5, 5.41) is 3.15. The van der Waals surface area contributed by atoms with Crippen molar-refractivity contribution < 1.29 is 4.39 Å². The minimum absolute atomic E-state index is 0.317. The van der Waals surface area contributed by atoms with Crippen LogP contribution in [0.2, 0.25) is 5.02 Å². The molecule has 0 atom stereocenters. The second kappa shape index (κ2) is 3.09. The maximum atomic E-state index is 12.9. The first kappa shape index (κ1) is 8.34. The van der Waals surface area contributed by atoms with Crippen LogP contribution in [0.5, 0.6) is 0 Å². The molecule has 1 N–H and O–H groups in total. The van der Waals surface area contributed by atoms with Crippen LogP contribution in [-0.2, 0) is 0 Å². The van der Waals surface area contributed by atoms with Crippen LogP contribution in [0.25, 0.3) is 0 Å². The Balaban J connectivity index is 3.29. The van der Waals surface area contributed by atoms with Crippen LogP contribution >= 0.6 is 11.6 Å². The molecule has 0 fully saturated rings. The predicted octanol–water partition coefficient (Wildman–Crippen LogP) is 2.83. The molecule has 0 aliphatic rings. The molecule has 1 aromatic rings. The third-order valence-electron chi connectivity index (χ3n) is 1.53. The van der Waals surface area contributed by atoms with Gasteiger partial charge in [0, 0.05) is 7.05 Å². The fraction of sp³-hybridized carbons (Fsp3) is 0.250. The van der Waals surface area contributed by atoms with Crippen LogP contribution in [0.3, 0.4) is 0 Å². The molecule has 0 unspecified atom stereocenters. The molecule has 0 spiro atoms. The lowest BCUT2D eigenvalue weighted by molar-refractivity contribution is 0.631. The van der Waals surface area contributed by atoms with Gasteiger partial charge in [0.2, 0.25) is 0 Å². The summed E-state index contributed by atoms with van der Waals surface area (Å²) in [4.78, 5) is 0.